The zero-order valence-corrected chi connectivity index (χ0v) is 16.0. The highest BCUT2D eigenvalue weighted by Gasteiger charge is 2.13. The summed E-state index contributed by atoms with van der Waals surface area (Å²) < 4.78 is 6.65. The Morgan fingerprint density at radius 3 is 2.79 bits per heavy atom. The van der Waals surface area contributed by atoms with Crippen LogP contribution in [0.1, 0.15) is 12.5 Å². The van der Waals surface area contributed by atoms with Gasteiger partial charge in [-0.3, -0.25) is 9.89 Å². The third-order valence-electron chi connectivity index (χ3n) is 4.22. The van der Waals surface area contributed by atoms with Crippen molar-refractivity contribution in [3.8, 4) is 11.4 Å². The Kier molecular flexibility index (Phi) is 4.70. The zero-order chi connectivity index (χ0) is 19.7. The van der Waals surface area contributed by atoms with Crippen LogP contribution in [0.5, 0.6) is 0 Å². The maximum Gasteiger partial charge on any atom is 0.302 e. The molecule has 0 saturated heterocycles. The van der Waals surface area contributed by atoms with Gasteiger partial charge < -0.3 is 10.1 Å². The number of carbonyl (C=O) groups is 1. The van der Waals surface area contributed by atoms with Crippen LogP contribution in [0.15, 0.2) is 42.6 Å². The Bertz CT molecular complexity index is 1150. The number of halogens is 1. The zero-order valence-electron chi connectivity index (χ0n) is 15.2. The first-order chi connectivity index (χ1) is 13.5. The average molecular weight is 397 g/mol. The number of aromatic nitrogens is 5. The van der Waals surface area contributed by atoms with Crippen LogP contribution in [-0.2, 0) is 23.2 Å². The molecular formula is C19H17ClN6O2. The molecule has 2 aromatic carbocycles. The predicted molar refractivity (Wildman–Crippen MR) is 106 cm³/mol. The summed E-state index contributed by atoms with van der Waals surface area (Å²) in [6.45, 7) is 1.63. The number of rotatable bonds is 5. The number of H-pyrrole nitrogens is 1. The lowest BCUT2D eigenvalue weighted by atomic mass is 10.1. The highest BCUT2D eigenvalue weighted by Crippen LogP contribution is 2.32. The van der Waals surface area contributed by atoms with E-state index in [1.807, 2.05) is 36.4 Å². The van der Waals surface area contributed by atoms with E-state index in [9.17, 15) is 4.79 Å². The first-order valence-corrected chi connectivity index (χ1v) is 8.91. The molecule has 8 nitrogen and oxygen atoms in total. The van der Waals surface area contributed by atoms with Crippen molar-refractivity contribution in [1.82, 2.24) is 25.0 Å². The summed E-state index contributed by atoms with van der Waals surface area (Å²) in [6, 6.07) is 11.3. The van der Waals surface area contributed by atoms with Crippen LogP contribution >= 0.6 is 11.6 Å². The van der Waals surface area contributed by atoms with Crippen LogP contribution in [0.4, 0.5) is 11.6 Å². The van der Waals surface area contributed by atoms with Gasteiger partial charge in [-0.2, -0.15) is 10.1 Å². The molecule has 4 aromatic rings. The molecule has 28 heavy (non-hydrogen) atoms. The molecule has 142 valence electrons. The van der Waals surface area contributed by atoms with E-state index in [4.69, 9.17) is 16.3 Å². The van der Waals surface area contributed by atoms with Crippen molar-refractivity contribution >= 4 is 40.1 Å². The predicted octanol–water partition coefficient (Wildman–Crippen LogP) is 3.82. The first kappa shape index (κ1) is 18.0. The van der Waals surface area contributed by atoms with E-state index in [-0.39, 0.29) is 12.6 Å². The van der Waals surface area contributed by atoms with E-state index in [1.165, 1.54) is 6.92 Å². The van der Waals surface area contributed by atoms with Gasteiger partial charge in [0.2, 0.25) is 5.95 Å². The fraction of sp³-hybridized carbons (Fsp3) is 0.158. The highest BCUT2D eigenvalue weighted by molar-refractivity contribution is 6.38. The quantitative estimate of drug-likeness (QED) is 0.498. The number of carbonyl (C=O) groups excluding carboxylic acids is 1. The molecule has 0 amide bonds. The summed E-state index contributed by atoms with van der Waals surface area (Å²) in [4.78, 5) is 15.5. The van der Waals surface area contributed by atoms with Gasteiger partial charge in [0.05, 0.1) is 22.4 Å². The molecule has 2 N–H and O–H groups in total. The molecule has 0 unspecified atom stereocenters. The Hall–Kier alpha value is -3.39. The van der Waals surface area contributed by atoms with Crippen molar-refractivity contribution in [2.24, 2.45) is 7.05 Å². The summed E-state index contributed by atoms with van der Waals surface area (Å²) in [6.07, 6.45) is 1.68. The highest BCUT2D eigenvalue weighted by atomic mass is 35.5. The number of anilines is 2. The van der Waals surface area contributed by atoms with Gasteiger partial charge in [-0.1, -0.05) is 35.9 Å². The van der Waals surface area contributed by atoms with Crippen molar-refractivity contribution in [2.45, 2.75) is 13.5 Å². The van der Waals surface area contributed by atoms with E-state index in [0.717, 1.165) is 22.0 Å². The lowest BCUT2D eigenvalue weighted by Gasteiger charge is -2.07. The summed E-state index contributed by atoms with van der Waals surface area (Å²) in [5, 5.41) is 16.0. The molecule has 0 atom stereocenters. The van der Waals surface area contributed by atoms with Crippen LogP contribution in [-0.4, -0.2) is 30.9 Å². The van der Waals surface area contributed by atoms with Crippen LogP contribution < -0.4 is 5.32 Å². The molecule has 2 heterocycles. The lowest BCUT2D eigenvalue weighted by molar-refractivity contribution is -0.142. The van der Waals surface area contributed by atoms with Crippen molar-refractivity contribution in [1.29, 1.82) is 0 Å². The van der Waals surface area contributed by atoms with E-state index >= 15 is 0 Å². The molecule has 0 spiro atoms. The van der Waals surface area contributed by atoms with Gasteiger partial charge in [-0.05, 0) is 17.7 Å². The molecule has 0 aliphatic heterocycles. The van der Waals surface area contributed by atoms with Crippen molar-refractivity contribution in [3.63, 3.8) is 0 Å². The normalized spacial score (nSPS) is 11.0. The second-order valence-corrected chi connectivity index (χ2v) is 6.62. The summed E-state index contributed by atoms with van der Waals surface area (Å²) in [5.41, 5.74) is 3.33. The van der Waals surface area contributed by atoms with E-state index in [2.05, 4.69) is 25.6 Å². The number of hydrogen-bond acceptors (Lipinski definition) is 6. The van der Waals surface area contributed by atoms with E-state index in [1.54, 1.807) is 17.9 Å². The number of aromatic amines is 1. The fourth-order valence-corrected chi connectivity index (χ4v) is 3.01. The Balaban J connectivity index is 1.56. The number of ether oxygens (including phenoxy) is 1. The van der Waals surface area contributed by atoms with Gasteiger partial charge in [-0.25, -0.2) is 4.68 Å². The van der Waals surface area contributed by atoms with Crippen LogP contribution in [0.2, 0.25) is 5.02 Å². The third-order valence-corrected chi connectivity index (χ3v) is 4.63. The van der Waals surface area contributed by atoms with Gasteiger partial charge >= 0.3 is 5.97 Å². The molecule has 0 aliphatic rings. The van der Waals surface area contributed by atoms with Gasteiger partial charge in [0.25, 0.3) is 0 Å². The van der Waals surface area contributed by atoms with Crippen molar-refractivity contribution < 1.29 is 9.53 Å². The minimum atomic E-state index is -0.307. The number of esters is 1. The second kappa shape index (κ2) is 7.32. The van der Waals surface area contributed by atoms with Crippen LogP contribution in [0.3, 0.4) is 0 Å². The molecule has 0 radical (unpaired) electrons. The standard InChI is InChI=1S/C19H17ClN6O2/c1-11(27)28-10-12-3-5-13(6-4-12)18-23-19(26(2)25-18)22-16-8-7-15-14(17(16)20)9-21-24-15/h3-9H,10H2,1-2H3,(H,21,24)(H,22,23,25). The van der Waals surface area contributed by atoms with E-state index < -0.39 is 0 Å². The topological polar surface area (TPSA) is 97.7 Å². The lowest BCUT2D eigenvalue weighted by Crippen LogP contribution is -2.00. The second-order valence-electron chi connectivity index (χ2n) is 6.24. The van der Waals surface area contributed by atoms with Gasteiger partial charge in [-0.15, -0.1) is 5.10 Å². The Morgan fingerprint density at radius 2 is 2.04 bits per heavy atom. The monoisotopic (exact) mass is 396 g/mol. The number of nitrogens with zero attached hydrogens (tertiary/aromatic N) is 4. The molecule has 0 saturated carbocycles. The Labute approximate surface area is 165 Å². The fourth-order valence-electron chi connectivity index (χ4n) is 2.75. The number of benzene rings is 2. The first-order valence-electron chi connectivity index (χ1n) is 8.53. The summed E-state index contributed by atoms with van der Waals surface area (Å²) in [5.74, 6) is 0.826. The molecule has 0 fully saturated rings. The molecule has 4 rings (SSSR count). The van der Waals surface area contributed by atoms with Crippen LogP contribution in [0.25, 0.3) is 22.3 Å². The van der Waals surface area contributed by atoms with Crippen molar-refractivity contribution in [3.05, 3.63) is 53.2 Å². The maximum atomic E-state index is 10.9. The van der Waals surface area contributed by atoms with Crippen LogP contribution in [0, 0.1) is 0 Å². The number of hydrogen-bond donors (Lipinski definition) is 2. The third kappa shape index (κ3) is 3.54. The molecule has 9 heteroatoms. The summed E-state index contributed by atoms with van der Waals surface area (Å²) >= 11 is 6.46. The van der Waals surface area contributed by atoms with E-state index in [0.29, 0.717) is 22.5 Å². The molecule has 0 bridgehead atoms. The average Bonchev–Trinajstić information content (AvgIpc) is 3.30. The minimum Gasteiger partial charge on any atom is -0.461 e. The number of nitrogens with one attached hydrogen (secondary N) is 2. The van der Waals surface area contributed by atoms with Gasteiger partial charge in [0.1, 0.15) is 6.61 Å². The minimum absolute atomic E-state index is 0.243. The molecule has 2 aromatic heterocycles. The Morgan fingerprint density at radius 1 is 1.25 bits per heavy atom. The maximum absolute atomic E-state index is 10.9. The smallest absolute Gasteiger partial charge is 0.302 e. The summed E-state index contributed by atoms with van der Waals surface area (Å²) in [7, 11) is 1.80. The molecule has 0 aliphatic carbocycles. The number of aryl methyl sites for hydroxylation is 1. The van der Waals surface area contributed by atoms with Crippen molar-refractivity contribution in [2.75, 3.05) is 5.32 Å². The van der Waals surface area contributed by atoms with Gasteiger partial charge in [0.15, 0.2) is 5.82 Å². The molecular weight excluding hydrogens is 380 g/mol. The SMILES string of the molecule is CC(=O)OCc1ccc(-c2nc(Nc3ccc4[nH]ncc4c3Cl)n(C)n2)cc1. The largest absolute Gasteiger partial charge is 0.461 e. The number of fused-ring (bicyclic) bond motifs is 1. The van der Waals surface area contributed by atoms with Gasteiger partial charge in [0, 0.05) is 24.9 Å².